The summed E-state index contributed by atoms with van der Waals surface area (Å²) in [5.41, 5.74) is 0. The van der Waals surface area contributed by atoms with E-state index in [1.165, 1.54) is 13.5 Å². The Labute approximate surface area is 54.3 Å². The Morgan fingerprint density at radius 1 is 1.83 bits per heavy atom. The van der Waals surface area contributed by atoms with Crippen molar-refractivity contribution < 1.29 is 0 Å². The molecule has 3 heteroatoms. The summed E-state index contributed by atoms with van der Waals surface area (Å²) in [6, 6.07) is 0. The third-order valence-electron chi connectivity index (χ3n) is 0.686. The van der Waals surface area contributed by atoms with E-state index in [0.717, 1.165) is 4.46 Å². The van der Waals surface area contributed by atoms with Crippen LogP contribution < -0.4 is 0 Å². The first-order valence-electron chi connectivity index (χ1n) is 2.41. The zero-order chi connectivity index (χ0) is 4.99. The molecule has 0 bridgehead atoms. The topological polar surface area (TPSA) is 0 Å². The van der Waals surface area contributed by atoms with Crippen molar-refractivity contribution in [3.05, 3.63) is 0 Å². The maximum absolute atomic E-state index is 2.44. The van der Waals surface area contributed by atoms with Crippen LogP contribution in [0.1, 0.15) is 6.92 Å². The summed E-state index contributed by atoms with van der Waals surface area (Å²) in [4.78, 5) is 0. The van der Waals surface area contributed by atoms with Gasteiger partial charge in [-0.2, -0.15) is 22.4 Å². The first-order chi connectivity index (χ1) is 2.77. The van der Waals surface area contributed by atoms with Gasteiger partial charge in [-0.25, -0.2) is 0 Å². The monoisotopic (exact) mass is 194 g/mol. The molecule has 0 saturated heterocycles. The minimum atomic E-state index is 0.868. The fourth-order valence-corrected chi connectivity index (χ4v) is 1.02. The summed E-state index contributed by atoms with van der Waals surface area (Å²) in [6.07, 6.45) is 1.32. The standard InChI is InChI=1S/C3H9B2I/c1-3-4-5(2)6/h4H,3H2,1-2H3. The molecule has 0 aliphatic heterocycles. The predicted molar refractivity (Wildman–Crippen MR) is 43.3 cm³/mol. The third kappa shape index (κ3) is 4.86. The van der Waals surface area contributed by atoms with Gasteiger partial charge < -0.3 is 0 Å². The molecule has 0 saturated carbocycles. The van der Waals surface area contributed by atoms with E-state index in [-0.39, 0.29) is 0 Å². The smallest absolute Gasteiger partial charge is 0.161 e. The van der Waals surface area contributed by atoms with E-state index >= 15 is 0 Å². The van der Waals surface area contributed by atoms with Crippen LogP contribution in [-0.4, -0.2) is 11.6 Å². The van der Waals surface area contributed by atoms with Gasteiger partial charge in [0.05, 0.1) is 0 Å². The van der Waals surface area contributed by atoms with Crippen LogP contribution in [0.4, 0.5) is 0 Å². The fourth-order valence-electron chi connectivity index (χ4n) is 0.398. The zero-order valence-corrected chi connectivity index (χ0v) is 6.53. The SMILES string of the molecule is CCBB(C)I. The molecule has 0 aliphatic rings. The summed E-state index contributed by atoms with van der Waals surface area (Å²) in [5, 5.41) is 0. The van der Waals surface area contributed by atoms with Crippen molar-refractivity contribution in [3.8, 4) is 0 Å². The first-order valence-corrected chi connectivity index (χ1v) is 3.66. The Hall–Kier alpha value is 0.860. The molecule has 0 N–H and O–H groups in total. The summed E-state index contributed by atoms with van der Waals surface area (Å²) in [5.74, 6) is 0. The van der Waals surface area contributed by atoms with E-state index < -0.39 is 0 Å². The van der Waals surface area contributed by atoms with Crippen LogP contribution in [0.5, 0.6) is 0 Å². The van der Waals surface area contributed by atoms with Gasteiger partial charge in [0.1, 0.15) is 7.17 Å². The highest BCUT2D eigenvalue weighted by molar-refractivity contribution is 14.1. The van der Waals surface area contributed by atoms with Gasteiger partial charge in [-0.05, 0) is 0 Å². The second kappa shape index (κ2) is 4.03. The van der Waals surface area contributed by atoms with E-state index in [1.807, 2.05) is 0 Å². The lowest BCUT2D eigenvalue weighted by atomic mass is 9.39. The van der Waals surface area contributed by atoms with E-state index in [2.05, 4.69) is 36.1 Å². The van der Waals surface area contributed by atoms with Crippen molar-refractivity contribution in [2.24, 2.45) is 0 Å². The molecular weight excluding hydrogens is 185 g/mol. The van der Waals surface area contributed by atoms with Crippen LogP contribution in [0, 0.1) is 0 Å². The number of hydrogen-bond donors (Lipinski definition) is 0. The molecule has 0 aromatic carbocycles. The van der Waals surface area contributed by atoms with Gasteiger partial charge in [0.2, 0.25) is 0 Å². The van der Waals surface area contributed by atoms with Crippen molar-refractivity contribution in [2.75, 3.05) is 0 Å². The molecule has 0 heterocycles. The second-order valence-electron chi connectivity index (χ2n) is 1.57. The molecule has 34 valence electrons. The van der Waals surface area contributed by atoms with Crippen LogP contribution in [0.15, 0.2) is 0 Å². The normalized spacial score (nSPS) is 7.83. The molecule has 0 unspecified atom stereocenters. The van der Waals surface area contributed by atoms with Gasteiger partial charge in [0, 0.05) is 0 Å². The van der Waals surface area contributed by atoms with Gasteiger partial charge in [0.15, 0.2) is 4.46 Å². The lowest BCUT2D eigenvalue weighted by Crippen LogP contribution is -2.05. The van der Waals surface area contributed by atoms with Crippen molar-refractivity contribution in [2.45, 2.75) is 20.1 Å². The average molecular weight is 194 g/mol. The molecule has 0 spiro atoms. The van der Waals surface area contributed by atoms with E-state index in [0.29, 0.717) is 0 Å². The average Bonchev–Trinajstić information content (AvgIpc) is 1.35. The van der Waals surface area contributed by atoms with Crippen molar-refractivity contribution in [1.29, 1.82) is 0 Å². The number of hydrogen-bond acceptors (Lipinski definition) is 0. The number of halogens is 1. The van der Waals surface area contributed by atoms with Crippen molar-refractivity contribution in [3.63, 3.8) is 0 Å². The molecule has 0 radical (unpaired) electrons. The van der Waals surface area contributed by atoms with Crippen molar-refractivity contribution in [1.82, 2.24) is 0 Å². The van der Waals surface area contributed by atoms with Gasteiger partial charge in [-0.1, -0.05) is 20.1 Å². The highest BCUT2D eigenvalue weighted by Crippen LogP contribution is 1.91. The zero-order valence-electron chi connectivity index (χ0n) is 4.37. The largest absolute Gasteiger partial charge is 0.178 e. The lowest BCUT2D eigenvalue weighted by Gasteiger charge is -1.86. The molecule has 0 atom stereocenters. The van der Waals surface area contributed by atoms with E-state index in [9.17, 15) is 0 Å². The molecule has 0 aromatic rings. The Kier molecular flexibility index (Phi) is 4.61. The fraction of sp³-hybridized carbons (Fsp3) is 1.00. The van der Waals surface area contributed by atoms with Crippen LogP contribution in [-0.2, 0) is 0 Å². The highest BCUT2D eigenvalue weighted by Gasteiger charge is 1.96. The van der Waals surface area contributed by atoms with Gasteiger partial charge >= 0.3 is 0 Å². The van der Waals surface area contributed by atoms with E-state index in [4.69, 9.17) is 0 Å². The molecule has 0 fully saturated rings. The van der Waals surface area contributed by atoms with E-state index in [1.54, 1.807) is 0 Å². The maximum Gasteiger partial charge on any atom is 0.178 e. The minimum Gasteiger partial charge on any atom is -0.161 e. The van der Waals surface area contributed by atoms with Crippen LogP contribution in [0.3, 0.4) is 0 Å². The molecule has 0 aliphatic carbocycles. The summed E-state index contributed by atoms with van der Waals surface area (Å²) >= 11 is 2.44. The molecule has 0 amide bonds. The summed E-state index contributed by atoms with van der Waals surface area (Å²) < 4.78 is 0.868. The Morgan fingerprint density at radius 2 is 2.33 bits per heavy atom. The maximum atomic E-state index is 2.44. The summed E-state index contributed by atoms with van der Waals surface area (Å²) in [6.45, 7) is 4.46. The van der Waals surface area contributed by atoms with Crippen LogP contribution in [0.25, 0.3) is 0 Å². The Balaban J connectivity index is 2.63. The Morgan fingerprint density at radius 3 is 2.33 bits per heavy atom. The lowest BCUT2D eigenvalue weighted by molar-refractivity contribution is 1.47. The molecule has 6 heavy (non-hydrogen) atoms. The second-order valence-corrected chi connectivity index (χ2v) is 3.70. The molecule has 0 aromatic heterocycles. The quantitative estimate of drug-likeness (QED) is 0.460. The predicted octanol–water partition coefficient (Wildman–Crippen LogP) is 1.41. The molecule has 0 rings (SSSR count). The molecular formula is C3H9B2I. The highest BCUT2D eigenvalue weighted by atomic mass is 127. The van der Waals surface area contributed by atoms with Crippen LogP contribution >= 0.6 is 22.4 Å². The third-order valence-corrected chi connectivity index (χ3v) is 1.31. The minimum absolute atomic E-state index is 0.868. The van der Waals surface area contributed by atoms with Gasteiger partial charge in [-0.3, -0.25) is 0 Å². The first kappa shape index (κ1) is 6.86. The van der Waals surface area contributed by atoms with Crippen LogP contribution in [0.2, 0.25) is 13.1 Å². The summed E-state index contributed by atoms with van der Waals surface area (Å²) in [7, 11) is 1.36. The van der Waals surface area contributed by atoms with Crippen molar-refractivity contribution >= 4 is 34.0 Å². The Bertz CT molecular complexity index is 30.0. The molecule has 0 nitrogen and oxygen atoms in total. The van der Waals surface area contributed by atoms with Gasteiger partial charge in [0.25, 0.3) is 0 Å². The number of rotatable bonds is 2. The van der Waals surface area contributed by atoms with Gasteiger partial charge in [-0.15, -0.1) is 0 Å².